The van der Waals surface area contributed by atoms with Crippen LogP contribution in [0.2, 0.25) is 0 Å². The number of hydrogen-bond acceptors (Lipinski definition) is 3. The maximum Gasteiger partial charge on any atom is 0.204 e. The van der Waals surface area contributed by atoms with E-state index in [1.165, 1.54) is 16.8 Å². The van der Waals surface area contributed by atoms with Gasteiger partial charge in [0.05, 0.1) is 11.9 Å². The van der Waals surface area contributed by atoms with Crippen LogP contribution in [0.15, 0.2) is 30.5 Å². The minimum Gasteiger partial charge on any atom is -0.348 e. The first-order valence-electron chi connectivity index (χ1n) is 6.97. The molecule has 0 amide bonds. The monoisotopic (exact) mass is 272 g/mol. The van der Waals surface area contributed by atoms with E-state index in [0.717, 1.165) is 12.5 Å². The normalized spacial score (nSPS) is 12.4. The average molecular weight is 272 g/mol. The summed E-state index contributed by atoms with van der Waals surface area (Å²) in [6, 6.07) is 9.00. The Kier molecular flexibility index (Phi) is 4.45. The summed E-state index contributed by atoms with van der Waals surface area (Å²) in [7, 11) is 6.07. The highest BCUT2D eigenvalue weighted by Gasteiger charge is 2.10. The molecule has 1 atom stereocenters. The van der Waals surface area contributed by atoms with Gasteiger partial charge in [-0.05, 0) is 19.4 Å². The summed E-state index contributed by atoms with van der Waals surface area (Å²) in [5.74, 6) is 0.977. The second-order valence-electron chi connectivity index (χ2n) is 5.52. The number of rotatable bonds is 5. The molecule has 1 heterocycles. The minimum absolute atomic E-state index is 0.327. The number of anilines is 1. The van der Waals surface area contributed by atoms with E-state index < -0.39 is 0 Å². The van der Waals surface area contributed by atoms with Gasteiger partial charge in [-0.1, -0.05) is 29.8 Å². The van der Waals surface area contributed by atoms with Crippen molar-refractivity contribution >= 4 is 5.95 Å². The third kappa shape index (κ3) is 3.20. The first-order chi connectivity index (χ1) is 9.49. The van der Waals surface area contributed by atoms with Gasteiger partial charge in [0.2, 0.25) is 5.95 Å². The molecule has 4 heteroatoms. The summed E-state index contributed by atoms with van der Waals surface area (Å²) in [6.45, 7) is 5.11. The molecule has 0 radical (unpaired) electrons. The minimum atomic E-state index is 0.327. The lowest BCUT2D eigenvalue weighted by atomic mass is 10.1. The Morgan fingerprint density at radius 1 is 1.25 bits per heavy atom. The lowest BCUT2D eigenvalue weighted by Gasteiger charge is -2.16. The van der Waals surface area contributed by atoms with E-state index in [9.17, 15) is 0 Å². The Labute approximate surface area is 121 Å². The first kappa shape index (κ1) is 14.6. The second-order valence-corrected chi connectivity index (χ2v) is 5.52. The largest absolute Gasteiger partial charge is 0.348 e. The molecule has 0 unspecified atom stereocenters. The molecular formula is C16H24N4. The number of nitrogens with one attached hydrogen (secondary N) is 1. The molecule has 0 saturated heterocycles. The van der Waals surface area contributed by atoms with Crippen LogP contribution < -0.4 is 10.2 Å². The van der Waals surface area contributed by atoms with Crippen molar-refractivity contribution in [2.75, 3.05) is 19.0 Å². The molecule has 4 nitrogen and oxygen atoms in total. The summed E-state index contributed by atoms with van der Waals surface area (Å²) in [4.78, 5) is 6.45. The van der Waals surface area contributed by atoms with Crippen molar-refractivity contribution in [1.29, 1.82) is 0 Å². The van der Waals surface area contributed by atoms with Gasteiger partial charge in [-0.25, -0.2) is 4.98 Å². The molecule has 0 fully saturated rings. The van der Waals surface area contributed by atoms with Crippen LogP contribution in [0.1, 0.15) is 29.8 Å². The summed E-state index contributed by atoms with van der Waals surface area (Å²) in [5, 5.41) is 3.55. The van der Waals surface area contributed by atoms with Gasteiger partial charge in [-0.2, -0.15) is 0 Å². The lowest BCUT2D eigenvalue weighted by molar-refractivity contribution is 0.558. The summed E-state index contributed by atoms with van der Waals surface area (Å²) >= 11 is 0. The zero-order valence-electron chi connectivity index (χ0n) is 13.0. The smallest absolute Gasteiger partial charge is 0.204 e. The van der Waals surface area contributed by atoms with Crippen LogP contribution in [-0.4, -0.2) is 23.6 Å². The molecule has 0 aliphatic heterocycles. The quantitative estimate of drug-likeness (QED) is 0.908. The Morgan fingerprint density at radius 3 is 2.45 bits per heavy atom. The van der Waals surface area contributed by atoms with Crippen molar-refractivity contribution < 1.29 is 0 Å². The van der Waals surface area contributed by atoms with E-state index in [1.807, 2.05) is 25.2 Å². The molecule has 0 aliphatic carbocycles. The standard InChI is InChI=1S/C16H24N4/c1-12-6-8-14(9-7-12)13(2)17-10-15-11-18-16(19(3)4)20(15)5/h6-9,11,13,17H,10H2,1-5H3/t13-/m0/s1. The van der Waals surface area contributed by atoms with E-state index >= 15 is 0 Å². The van der Waals surface area contributed by atoms with Crippen molar-refractivity contribution in [2.45, 2.75) is 26.4 Å². The van der Waals surface area contributed by atoms with Crippen LogP contribution in [0.3, 0.4) is 0 Å². The summed E-state index contributed by atoms with van der Waals surface area (Å²) in [5.41, 5.74) is 3.79. The molecule has 1 aromatic carbocycles. The van der Waals surface area contributed by atoms with E-state index in [1.54, 1.807) is 0 Å². The Balaban J connectivity index is 2.00. The Bertz CT molecular complexity index is 554. The van der Waals surface area contributed by atoms with Crippen LogP contribution in [0.4, 0.5) is 5.95 Å². The van der Waals surface area contributed by atoms with E-state index in [0.29, 0.717) is 6.04 Å². The second kappa shape index (κ2) is 6.09. The SMILES string of the molecule is Cc1ccc([C@H](C)NCc2cnc(N(C)C)n2C)cc1. The molecule has 20 heavy (non-hydrogen) atoms. The van der Waals surface area contributed by atoms with Gasteiger partial charge >= 0.3 is 0 Å². The molecule has 2 rings (SSSR count). The van der Waals surface area contributed by atoms with Gasteiger partial charge in [0.15, 0.2) is 0 Å². The van der Waals surface area contributed by atoms with Gasteiger partial charge in [-0.3, -0.25) is 0 Å². The van der Waals surface area contributed by atoms with E-state index in [4.69, 9.17) is 0 Å². The number of imidazole rings is 1. The van der Waals surface area contributed by atoms with Crippen LogP contribution in [0.5, 0.6) is 0 Å². The number of aryl methyl sites for hydroxylation is 1. The highest BCUT2D eigenvalue weighted by atomic mass is 15.3. The third-order valence-electron chi connectivity index (χ3n) is 3.63. The van der Waals surface area contributed by atoms with Crippen LogP contribution in [0.25, 0.3) is 0 Å². The fourth-order valence-corrected chi connectivity index (χ4v) is 2.24. The van der Waals surface area contributed by atoms with Crippen molar-refractivity contribution in [3.63, 3.8) is 0 Å². The van der Waals surface area contributed by atoms with Crippen LogP contribution in [0, 0.1) is 6.92 Å². The Hall–Kier alpha value is -1.81. The summed E-state index contributed by atoms with van der Waals surface area (Å²) < 4.78 is 2.12. The highest BCUT2D eigenvalue weighted by Crippen LogP contribution is 2.15. The molecular weight excluding hydrogens is 248 g/mol. The fraction of sp³-hybridized carbons (Fsp3) is 0.438. The molecule has 0 bridgehead atoms. The third-order valence-corrected chi connectivity index (χ3v) is 3.63. The van der Waals surface area contributed by atoms with Crippen molar-refractivity contribution in [3.8, 4) is 0 Å². The molecule has 0 saturated carbocycles. The molecule has 2 aromatic rings. The van der Waals surface area contributed by atoms with Gasteiger partial charge < -0.3 is 14.8 Å². The molecule has 108 valence electrons. The highest BCUT2D eigenvalue weighted by molar-refractivity contribution is 5.31. The fourth-order valence-electron chi connectivity index (χ4n) is 2.24. The molecule has 1 aromatic heterocycles. The van der Waals surface area contributed by atoms with E-state index in [-0.39, 0.29) is 0 Å². The predicted molar refractivity (Wildman–Crippen MR) is 84.0 cm³/mol. The average Bonchev–Trinajstić information content (AvgIpc) is 2.78. The van der Waals surface area contributed by atoms with Crippen LogP contribution >= 0.6 is 0 Å². The molecule has 0 spiro atoms. The van der Waals surface area contributed by atoms with Gasteiger partial charge in [-0.15, -0.1) is 0 Å². The zero-order valence-corrected chi connectivity index (χ0v) is 13.0. The van der Waals surface area contributed by atoms with Crippen molar-refractivity contribution in [2.24, 2.45) is 7.05 Å². The van der Waals surface area contributed by atoms with Crippen LogP contribution in [-0.2, 0) is 13.6 Å². The molecule has 0 aliphatic rings. The lowest BCUT2D eigenvalue weighted by Crippen LogP contribution is -2.20. The number of aromatic nitrogens is 2. The van der Waals surface area contributed by atoms with Crippen molar-refractivity contribution in [1.82, 2.24) is 14.9 Å². The number of benzene rings is 1. The molecule has 1 N–H and O–H groups in total. The van der Waals surface area contributed by atoms with E-state index in [2.05, 4.69) is 60.0 Å². The first-order valence-corrected chi connectivity index (χ1v) is 6.97. The number of nitrogens with zero attached hydrogens (tertiary/aromatic N) is 3. The van der Waals surface area contributed by atoms with Gasteiger partial charge in [0, 0.05) is 33.7 Å². The zero-order chi connectivity index (χ0) is 14.7. The van der Waals surface area contributed by atoms with Gasteiger partial charge in [0.1, 0.15) is 0 Å². The maximum absolute atomic E-state index is 4.43. The maximum atomic E-state index is 4.43. The Morgan fingerprint density at radius 2 is 1.90 bits per heavy atom. The summed E-state index contributed by atoms with van der Waals surface area (Å²) in [6.07, 6.45) is 1.93. The predicted octanol–water partition coefficient (Wildman–Crippen LogP) is 2.65. The topological polar surface area (TPSA) is 33.1 Å². The van der Waals surface area contributed by atoms with Crippen molar-refractivity contribution in [3.05, 3.63) is 47.3 Å². The van der Waals surface area contributed by atoms with Gasteiger partial charge in [0.25, 0.3) is 0 Å². The number of hydrogen-bond donors (Lipinski definition) is 1.